The molecular weight excluding hydrogens is 294 g/mol. The van der Waals surface area contributed by atoms with E-state index in [2.05, 4.69) is 16.7 Å². The molecule has 2 amide bonds. The van der Waals surface area contributed by atoms with Crippen molar-refractivity contribution in [3.05, 3.63) is 51.9 Å². The summed E-state index contributed by atoms with van der Waals surface area (Å²) in [6, 6.07) is 12.0. The van der Waals surface area contributed by atoms with Gasteiger partial charge in [0.15, 0.2) is 0 Å². The lowest BCUT2D eigenvalue weighted by Gasteiger charge is -2.07. The van der Waals surface area contributed by atoms with Gasteiger partial charge in [0.2, 0.25) is 0 Å². The number of fused-ring (bicyclic) bond motifs is 1. The predicted molar refractivity (Wildman–Crippen MR) is 88.2 cm³/mol. The van der Waals surface area contributed by atoms with Gasteiger partial charge in [0.05, 0.1) is 5.56 Å². The first kappa shape index (κ1) is 14.6. The molecule has 1 aliphatic rings. The van der Waals surface area contributed by atoms with Crippen molar-refractivity contribution in [3.63, 3.8) is 0 Å². The van der Waals surface area contributed by atoms with Crippen molar-refractivity contribution in [1.82, 2.24) is 5.32 Å². The molecule has 1 aromatic carbocycles. The van der Waals surface area contributed by atoms with E-state index in [0.29, 0.717) is 17.1 Å². The van der Waals surface area contributed by atoms with Gasteiger partial charge in [-0.1, -0.05) is 30.3 Å². The summed E-state index contributed by atoms with van der Waals surface area (Å²) in [5.74, 6) is 0. The quantitative estimate of drug-likeness (QED) is 0.908. The van der Waals surface area contributed by atoms with Crippen LogP contribution in [0.25, 0.3) is 0 Å². The molecule has 3 rings (SSSR count). The number of hydrogen-bond acceptors (Lipinski definition) is 3. The van der Waals surface area contributed by atoms with Gasteiger partial charge in [0.1, 0.15) is 11.1 Å². The average Bonchev–Trinajstić information content (AvgIpc) is 3.08. The molecule has 0 atom stereocenters. The predicted octanol–water partition coefficient (Wildman–Crippen LogP) is 3.47. The van der Waals surface area contributed by atoms with Crippen LogP contribution in [-0.4, -0.2) is 12.6 Å². The Morgan fingerprint density at radius 3 is 2.86 bits per heavy atom. The zero-order valence-electron chi connectivity index (χ0n) is 12.2. The molecule has 0 bridgehead atoms. The zero-order valence-corrected chi connectivity index (χ0v) is 13.0. The van der Waals surface area contributed by atoms with Crippen LogP contribution in [0.3, 0.4) is 0 Å². The van der Waals surface area contributed by atoms with E-state index in [0.717, 1.165) is 31.2 Å². The SMILES string of the molecule is N#Cc1c(NC(=O)NCCc2ccccc2)sc2c1CCC2. The van der Waals surface area contributed by atoms with Crippen LogP contribution in [0.5, 0.6) is 0 Å². The number of rotatable bonds is 4. The number of anilines is 1. The lowest BCUT2D eigenvalue weighted by molar-refractivity contribution is 0.252. The largest absolute Gasteiger partial charge is 0.338 e. The fourth-order valence-electron chi connectivity index (χ4n) is 2.72. The van der Waals surface area contributed by atoms with Gasteiger partial charge < -0.3 is 5.32 Å². The summed E-state index contributed by atoms with van der Waals surface area (Å²) in [6.07, 6.45) is 3.87. The molecule has 0 spiro atoms. The topological polar surface area (TPSA) is 64.9 Å². The third-order valence-corrected chi connectivity index (χ3v) is 5.01. The molecule has 0 radical (unpaired) electrons. The van der Waals surface area contributed by atoms with Gasteiger partial charge in [-0.3, -0.25) is 5.32 Å². The second kappa shape index (κ2) is 6.63. The van der Waals surface area contributed by atoms with Gasteiger partial charge in [-0.05, 0) is 36.8 Å². The van der Waals surface area contributed by atoms with Crippen LogP contribution in [0.4, 0.5) is 9.80 Å². The summed E-state index contributed by atoms with van der Waals surface area (Å²) in [7, 11) is 0. The smallest absolute Gasteiger partial charge is 0.319 e. The van der Waals surface area contributed by atoms with E-state index in [1.165, 1.54) is 21.8 Å². The minimum Gasteiger partial charge on any atom is -0.338 e. The lowest BCUT2D eigenvalue weighted by atomic mass is 10.1. The average molecular weight is 311 g/mol. The Bertz CT molecular complexity index is 715. The molecule has 22 heavy (non-hydrogen) atoms. The molecule has 0 fully saturated rings. The monoisotopic (exact) mass is 311 g/mol. The highest BCUT2D eigenvalue weighted by Crippen LogP contribution is 2.38. The van der Waals surface area contributed by atoms with E-state index in [-0.39, 0.29) is 6.03 Å². The summed E-state index contributed by atoms with van der Waals surface area (Å²) in [5, 5.41) is 15.6. The molecule has 1 aliphatic carbocycles. The number of aryl methyl sites for hydroxylation is 1. The van der Waals surface area contributed by atoms with Gasteiger partial charge in [-0.25, -0.2) is 4.79 Å². The van der Waals surface area contributed by atoms with Crippen molar-refractivity contribution in [2.75, 3.05) is 11.9 Å². The first-order valence-corrected chi connectivity index (χ1v) is 8.23. The number of carbonyl (C=O) groups excluding carboxylic acids is 1. The molecule has 2 aromatic rings. The Morgan fingerprint density at radius 2 is 2.09 bits per heavy atom. The molecule has 0 saturated heterocycles. The van der Waals surface area contributed by atoms with Gasteiger partial charge in [0, 0.05) is 11.4 Å². The van der Waals surface area contributed by atoms with E-state index >= 15 is 0 Å². The molecule has 1 heterocycles. The van der Waals surface area contributed by atoms with Gasteiger partial charge >= 0.3 is 6.03 Å². The van der Waals surface area contributed by atoms with E-state index in [4.69, 9.17) is 0 Å². The molecule has 2 N–H and O–H groups in total. The number of nitrogens with one attached hydrogen (secondary N) is 2. The van der Waals surface area contributed by atoms with E-state index in [1.54, 1.807) is 0 Å². The maximum atomic E-state index is 12.0. The fraction of sp³-hybridized carbons (Fsp3) is 0.294. The minimum atomic E-state index is -0.243. The van der Waals surface area contributed by atoms with Crippen LogP contribution in [0.15, 0.2) is 30.3 Å². The number of thiophene rings is 1. The van der Waals surface area contributed by atoms with E-state index < -0.39 is 0 Å². The van der Waals surface area contributed by atoms with Crippen LogP contribution in [0.2, 0.25) is 0 Å². The number of urea groups is 1. The maximum absolute atomic E-state index is 12.0. The van der Waals surface area contributed by atoms with Crippen molar-refractivity contribution in [3.8, 4) is 6.07 Å². The highest BCUT2D eigenvalue weighted by atomic mass is 32.1. The standard InChI is InChI=1S/C17H17N3OS/c18-11-14-13-7-4-8-15(13)22-16(14)20-17(21)19-10-9-12-5-2-1-3-6-12/h1-3,5-6H,4,7-10H2,(H2,19,20,21). The summed E-state index contributed by atoms with van der Waals surface area (Å²) < 4.78 is 0. The lowest BCUT2D eigenvalue weighted by Crippen LogP contribution is -2.30. The number of benzene rings is 1. The third-order valence-electron chi connectivity index (χ3n) is 3.80. The minimum absolute atomic E-state index is 0.243. The van der Waals surface area contributed by atoms with Crippen LogP contribution in [0.1, 0.15) is 28.0 Å². The molecule has 5 heteroatoms. The summed E-state index contributed by atoms with van der Waals surface area (Å²) in [6.45, 7) is 0.572. The third kappa shape index (κ3) is 3.12. The Morgan fingerprint density at radius 1 is 1.27 bits per heavy atom. The second-order valence-electron chi connectivity index (χ2n) is 5.29. The van der Waals surface area contributed by atoms with Crippen molar-refractivity contribution >= 4 is 22.4 Å². The Labute approximate surface area is 133 Å². The van der Waals surface area contributed by atoms with Crippen LogP contribution >= 0.6 is 11.3 Å². The first-order chi connectivity index (χ1) is 10.8. The molecule has 0 aliphatic heterocycles. The molecule has 4 nitrogen and oxygen atoms in total. The van der Waals surface area contributed by atoms with Gasteiger partial charge in [-0.2, -0.15) is 5.26 Å². The normalized spacial score (nSPS) is 12.5. The van der Waals surface area contributed by atoms with Gasteiger partial charge in [0.25, 0.3) is 0 Å². The molecule has 1 aromatic heterocycles. The number of carbonyl (C=O) groups is 1. The van der Waals surface area contributed by atoms with Crippen LogP contribution < -0.4 is 10.6 Å². The fourth-order valence-corrected chi connectivity index (χ4v) is 3.96. The van der Waals surface area contributed by atoms with Crippen LogP contribution in [0, 0.1) is 11.3 Å². The Balaban J connectivity index is 1.55. The Hall–Kier alpha value is -2.32. The highest BCUT2D eigenvalue weighted by molar-refractivity contribution is 7.16. The summed E-state index contributed by atoms with van der Waals surface area (Å²) >= 11 is 1.54. The van der Waals surface area contributed by atoms with E-state index in [9.17, 15) is 10.1 Å². The van der Waals surface area contributed by atoms with Crippen molar-refractivity contribution in [1.29, 1.82) is 5.26 Å². The molecule has 0 unspecified atom stereocenters. The molecular formula is C17H17N3OS. The van der Waals surface area contributed by atoms with E-state index in [1.807, 2.05) is 30.3 Å². The summed E-state index contributed by atoms with van der Waals surface area (Å²) in [5.41, 5.74) is 2.97. The number of nitrogens with zero attached hydrogens (tertiary/aromatic N) is 1. The summed E-state index contributed by atoms with van der Waals surface area (Å²) in [4.78, 5) is 13.2. The number of hydrogen-bond donors (Lipinski definition) is 2. The number of nitriles is 1. The second-order valence-corrected chi connectivity index (χ2v) is 6.39. The first-order valence-electron chi connectivity index (χ1n) is 7.41. The van der Waals surface area contributed by atoms with Crippen LogP contribution in [-0.2, 0) is 19.3 Å². The van der Waals surface area contributed by atoms with Crippen molar-refractivity contribution < 1.29 is 4.79 Å². The van der Waals surface area contributed by atoms with Crippen molar-refractivity contribution in [2.24, 2.45) is 0 Å². The van der Waals surface area contributed by atoms with Gasteiger partial charge in [-0.15, -0.1) is 11.3 Å². The zero-order chi connectivity index (χ0) is 15.4. The Kier molecular flexibility index (Phi) is 4.40. The highest BCUT2D eigenvalue weighted by Gasteiger charge is 2.22. The number of amides is 2. The molecule has 0 saturated carbocycles. The maximum Gasteiger partial charge on any atom is 0.319 e. The molecule has 112 valence electrons. The van der Waals surface area contributed by atoms with Crippen molar-refractivity contribution in [2.45, 2.75) is 25.7 Å².